The molecule has 0 saturated carbocycles. The van der Waals surface area contributed by atoms with E-state index in [2.05, 4.69) is 23.3 Å². The lowest BCUT2D eigenvalue weighted by molar-refractivity contribution is 0.155. The molecule has 82 valence electrons. The number of aromatic nitrogens is 1. The van der Waals surface area contributed by atoms with E-state index in [1.165, 1.54) is 5.56 Å². The van der Waals surface area contributed by atoms with Crippen LogP contribution in [0.25, 0.3) is 0 Å². The van der Waals surface area contributed by atoms with Crippen LogP contribution in [-0.4, -0.2) is 24.2 Å². The average molecular weight is 206 g/mol. The number of rotatable bonds is 2. The predicted octanol–water partition coefficient (Wildman–Crippen LogP) is 1.83. The zero-order valence-electron chi connectivity index (χ0n) is 9.42. The molecule has 0 atom stereocenters. The number of ether oxygens (including phenoxy) is 1. The molecule has 2 rings (SSSR count). The lowest BCUT2D eigenvalue weighted by Crippen LogP contribution is -2.34. The number of nitrogens with one attached hydrogen (secondary N) is 1. The fraction of sp³-hybridized carbons (Fsp3) is 0.583. The minimum absolute atomic E-state index is 0.334. The molecule has 0 aromatic carbocycles. The van der Waals surface area contributed by atoms with E-state index >= 15 is 0 Å². The molecule has 1 aliphatic heterocycles. The monoisotopic (exact) mass is 206 g/mol. The van der Waals surface area contributed by atoms with Crippen LogP contribution in [0.5, 0.6) is 5.88 Å². The van der Waals surface area contributed by atoms with Crippen molar-refractivity contribution in [2.24, 2.45) is 0 Å². The predicted molar refractivity (Wildman–Crippen MR) is 60.2 cm³/mol. The molecular formula is C12H18N2O. The Hall–Kier alpha value is -1.09. The Labute approximate surface area is 90.9 Å². The summed E-state index contributed by atoms with van der Waals surface area (Å²) in [5, 5.41) is 3.32. The molecule has 1 aromatic heterocycles. The van der Waals surface area contributed by atoms with E-state index < -0.39 is 0 Å². The zero-order valence-corrected chi connectivity index (χ0v) is 9.42. The smallest absolute Gasteiger partial charge is 0.213 e. The number of hydrogen-bond donors (Lipinski definition) is 1. The Morgan fingerprint density at radius 1 is 1.27 bits per heavy atom. The van der Waals surface area contributed by atoms with Crippen LogP contribution in [0.15, 0.2) is 12.1 Å². The van der Waals surface area contributed by atoms with E-state index in [0.717, 1.165) is 37.5 Å². The highest BCUT2D eigenvalue weighted by atomic mass is 16.5. The number of pyridine rings is 1. The van der Waals surface area contributed by atoms with Gasteiger partial charge in [-0.1, -0.05) is 6.07 Å². The van der Waals surface area contributed by atoms with Gasteiger partial charge in [0.05, 0.1) is 0 Å². The third-order valence-electron chi connectivity index (χ3n) is 2.90. The molecule has 2 heterocycles. The van der Waals surface area contributed by atoms with E-state index in [4.69, 9.17) is 4.74 Å². The fourth-order valence-electron chi connectivity index (χ4n) is 1.76. The molecule has 0 radical (unpaired) electrons. The first-order chi connectivity index (χ1) is 7.25. The largest absolute Gasteiger partial charge is 0.474 e. The normalized spacial score (nSPS) is 17.7. The molecule has 3 heteroatoms. The summed E-state index contributed by atoms with van der Waals surface area (Å²) in [4.78, 5) is 4.42. The van der Waals surface area contributed by atoms with Crippen molar-refractivity contribution < 1.29 is 4.74 Å². The topological polar surface area (TPSA) is 34.1 Å². The summed E-state index contributed by atoms with van der Waals surface area (Å²) in [5.41, 5.74) is 2.27. The molecule has 0 spiro atoms. The lowest BCUT2D eigenvalue weighted by Gasteiger charge is -2.23. The summed E-state index contributed by atoms with van der Waals surface area (Å²) < 4.78 is 5.84. The molecule has 0 amide bonds. The van der Waals surface area contributed by atoms with Crippen molar-refractivity contribution >= 4 is 0 Å². The van der Waals surface area contributed by atoms with Gasteiger partial charge in [0.2, 0.25) is 5.88 Å². The second kappa shape index (κ2) is 4.62. The van der Waals surface area contributed by atoms with Gasteiger partial charge < -0.3 is 10.1 Å². The van der Waals surface area contributed by atoms with Crippen LogP contribution in [-0.2, 0) is 0 Å². The third kappa shape index (κ3) is 2.69. The van der Waals surface area contributed by atoms with Gasteiger partial charge in [-0.05, 0) is 45.3 Å². The molecule has 1 N–H and O–H groups in total. The molecule has 15 heavy (non-hydrogen) atoms. The Balaban J connectivity index is 2.00. The average Bonchev–Trinajstić information content (AvgIpc) is 2.25. The Bertz CT molecular complexity index is 332. The van der Waals surface area contributed by atoms with Gasteiger partial charge in [0.15, 0.2) is 0 Å². The van der Waals surface area contributed by atoms with Crippen molar-refractivity contribution in [2.75, 3.05) is 13.1 Å². The standard InChI is InChI=1S/C12H18N2O/c1-9-3-4-12(14-10(9)2)15-11-5-7-13-8-6-11/h3-4,11,13H,5-8H2,1-2H3. The first-order valence-electron chi connectivity index (χ1n) is 5.57. The molecule has 1 saturated heterocycles. The second-order valence-electron chi connectivity index (χ2n) is 4.12. The van der Waals surface area contributed by atoms with E-state index in [-0.39, 0.29) is 0 Å². The van der Waals surface area contributed by atoms with Crippen molar-refractivity contribution in [2.45, 2.75) is 32.8 Å². The van der Waals surface area contributed by atoms with Crippen molar-refractivity contribution in [3.8, 4) is 5.88 Å². The van der Waals surface area contributed by atoms with Gasteiger partial charge in [0.25, 0.3) is 0 Å². The first-order valence-corrected chi connectivity index (χ1v) is 5.57. The van der Waals surface area contributed by atoms with Gasteiger partial charge in [0.1, 0.15) is 6.10 Å². The highest BCUT2D eigenvalue weighted by molar-refractivity contribution is 5.23. The maximum Gasteiger partial charge on any atom is 0.213 e. The van der Waals surface area contributed by atoms with Crippen molar-refractivity contribution in [1.29, 1.82) is 0 Å². The molecule has 3 nitrogen and oxygen atoms in total. The van der Waals surface area contributed by atoms with Crippen molar-refractivity contribution in [3.63, 3.8) is 0 Å². The lowest BCUT2D eigenvalue weighted by atomic mass is 10.1. The van der Waals surface area contributed by atoms with Crippen LogP contribution in [0, 0.1) is 13.8 Å². The van der Waals surface area contributed by atoms with Crippen molar-refractivity contribution in [1.82, 2.24) is 10.3 Å². The molecule has 1 aromatic rings. The first kappa shape index (κ1) is 10.4. The number of piperidine rings is 1. The van der Waals surface area contributed by atoms with Gasteiger partial charge in [-0.15, -0.1) is 0 Å². The summed E-state index contributed by atoms with van der Waals surface area (Å²) in [6, 6.07) is 4.03. The van der Waals surface area contributed by atoms with Gasteiger partial charge in [0, 0.05) is 11.8 Å². The Kier molecular flexibility index (Phi) is 3.21. The maximum absolute atomic E-state index is 5.84. The molecule has 0 unspecified atom stereocenters. The van der Waals surface area contributed by atoms with Crippen LogP contribution in [0.4, 0.5) is 0 Å². The van der Waals surface area contributed by atoms with E-state index in [1.807, 2.05) is 13.0 Å². The molecule has 1 fully saturated rings. The van der Waals surface area contributed by atoms with E-state index in [0.29, 0.717) is 6.10 Å². The number of nitrogens with zero attached hydrogens (tertiary/aromatic N) is 1. The molecule has 0 aliphatic carbocycles. The Morgan fingerprint density at radius 2 is 2.00 bits per heavy atom. The summed E-state index contributed by atoms with van der Waals surface area (Å²) in [5.74, 6) is 0.769. The van der Waals surface area contributed by atoms with Crippen LogP contribution < -0.4 is 10.1 Å². The highest BCUT2D eigenvalue weighted by Crippen LogP contribution is 2.16. The van der Waals surface area contributed by atoms with Crippen LogP contribution >= 0.6 is 0 Å². The van der Waals surface area contributed by atoms with Crippen LogP contribution in [0.1, 0.15) is 24.1 Å². The fourth-order valence-corrected chi connectivity index (χ4v) is 1.76. The van der Waals surface area contributed by atoms with Crippen molar-refractivity contribution in [3.05, 3.63) is 23.4 Å². The molecule has 1 aliphatic rings. The summed E-state index contributed by atoms with van der Waals surface area (Å²) >= 11 is 0. The van der Waals surface area contributed by atoms with Gasteiger partial charge >= 0.3 is 0 Å². The van der Waals surface area contributed by atoms with Gasteiger partial charge in [-0.3, -0.25) is 0 Å². The van der Waals surface area contributed by atoms with E-state index in [9.17, 15) is 0 Å². The SMILES string of the molecule is Cc1ccc(OC2CCNCC2)nc1C. The van der Waals surface area contributed by atoms with Crippen LogP contribution in [0.2, 0.25) is 0 Å². The van der Waals surface area contributed by atoms with Crippen LogP contribution in [0.3, 0.4) is 0 Å². The van der Waals surface area contributed by atoms with E-state index in [1.54, 1.807) is 0 Å². The highest BCUT2D eigenvalue weighted by Gasteiger charge is 2.14. The van der Waals surface area contributed by atoms with Gasteiger partial charge in [-0.25, -0.2) is 4.98 Å². The minimum atomic E-state index is 0.334. The summed E-state index contributed by atoms with van der Waals surface area (Å²) in [7, 11) is 0. The maximum atomic E-state index is 5.84. The van der Waals surface area contributed by atoms with Gasteiger partial charge in [-0.2, -0.15) is 0 Å². The molecule has 0 bridgehead atoms. The second-order valence-corrected chi connectivity index (χ2v) is 4.12. The summed E-state index contributed by atoms with van der Waals surface area (Å²) in [6.07, 6.45) is 2.49. The summed E-state index contributed by atoms with van der Waals surface area (Å²) in [6.45, 7) is 6.19. The number of hydrogen-bond acceptors (Lipinski definition) is 3. The minimum Gasteiger partial charge on any atom is -0.474 e. The quantitative estimate of drug-likeness (QED) is 0.801. The zero-order chi connectivity index (χ0) is 10.7. The molecular weight excluding hydrogens is 188 g/mol. The number of aryl methyl sites for hydroxylation is 2. The Morgan fingerprint density at radius 3 is 2.67 bits per heavy atom. The third-order valence-corrected chi connectivity index (χ3v) is 2.90.